The zero-order valence-corrected chi connectivity index (χ0v) is 18.4. The molecule has 4 rings (SSSR count). The highest BCUT2D eigenvalue weighted by Crippen LogP contribution is 2.35. The number of benzene rings is 3. The molecular formula is C26H26FN3O3. The van der Waals surface area contributed by atoms with Crippen LogP contribution in [0, 0.1) is 5.82 Å². The molecule has 0 bridgehead atoms. The van der Waals surface area contributed by atoms with Crippen molar-refractivity contribution in [2.75, 3.05) is 25.6 Å². The summed E-state index contributed by atoms with van der Waals surface area (Å²) in [5.41, 5.74) is 3.56. The molecular weight excluding hydrogens is 421 g/mol. The van der Waals surface area contributed by atoms with E-state index >= 15 is 0 Å². The van der Waals surface area contributed by atoms with Gasteiger partial charge < -0.3 is 20.3 Å². The number of hydrogen-bond donors (Lipinski definition) is 2. The third-order valence-corrected chi connectivity index (χ3v) is 5.56. The first kappa shape index (κ1) is 22.5. The van der Waals surface area contributed by atoms with E-state index in [4.69, 9.17) is 4.74 Å². The van der Waals surface area contributed by atoms with Gasteiger partial charge in [0.05, 0.1) is 0 Å². The number of carbonyl (C=O) groups excluding carboxylic acids is 2. The molecule has 0 aliphatic carbocycles. The number of nitrogens with zero attached hydrogens (tertiary/aromatic N) is 1. The summed E-state index contributed by atoms with van der Waals surface area (Å²) in [5.74, 6) is -0.581. The molecule has 170 valence electrons. The van der Waals surface area contributed by atoms with Crippen LogP contribution in [-0.2, 0) is 11.3 Å². The summed E-state index contributed by atoms with van der Waals surface area (Å²) in [6.07, 6.45) is 0.318. The van der Waals surface area contributed by atoms with E-state index in [1.807, 2.05) is 24.3 Å². The minimum absolute atomic E-state index is 0.0977. The minimum atomic E-state index is -0.418. The Morgan fingerprint density at radius 1 is 1.06 bits per heavy atom. The highest BCUT2D eigenvalue weighted by molar-refractivity contribution is 5.99. The summed E-state index contributed by atoms with van der Waals surface area (Å²) < 4.78 is 18.4. The SMILES string of the molecule is COCCCNC(=O)c1cccc(NC2c3ccccc3C(=O)N2Cc2ccc(F)cc2)c1. The number of amides is 2. The van der Waals surface area contributed by atoms with Gasteiger partial charge in [0.2, 0.25) is 0 Å². The number of ether oxygens (including phenoxy) is 1. The molecule has 6 nitrogen and oxygen atoms in total. The Kier molecular flexibility index (Phi) is 7.00. The smallest absolute Gasteiger partial charge is 0.256 e. The van der Waals surface area contributed by atoms with E-state index in [9.17, 15) is 14.0 Å². The molecule has 3 aromatic carbocycles. The first-order valence-corrected chi connectivity index (χ1v) is 10.8. The minimum Gasteiger partial charge on any atom is -0.385 e. The number of carbonyl (C=O) groups is 2. The van der Waals surface area contributed by atoms with Crippen molar-refractivity contribution < 1.29 is 18.7 Å². The normalized spacial score (nSPS) is 14.8. The standard InChI is InChI=1S/C26H26FN3O3/c1-33-15-5-14-28-25(31)19-6-4-7-21(16-19)29-24-22-8-2-3-9-23(22)26(32)30(24)17-18-10-12-20(27)13-11-18/h2-4,6-13,16,24,29H,5,14-15,17H2,1H3,(H,28,31). The predicted octanol–water partition coefficient (Wildman–Crippen LogP) is 4.36. The molecule has 1 unspecified atom stereocenters. The van der Waals surface area contributed by atoms with Crippen LogP contribution < -0.4 is 10.6 Å². The number of nitrogens with one attached hydrogen (secondary N) is 2. The molecule has 2 N–H and O–H groups in total. The number of anilines is 1. The van der Waals surface area contributed by atoms with Crippen LogP contribution in [0.4, 0.5) is 10.1 Å². The molecule has 0 radical (unpaired) electrons. The van der Waals surface area contributed by atoms with Crippen molar-refractivity contribution in [2.45, 2.75) is 19.1 Å². The third-order valence-electron chi connectivity index (χ3n) is 5.56. The summed E-state index contributed by atoms with van der Waals surface area (Å²) in [7, 11) is 1.63. The van der Waals surface area contributed by atoms with E-state index < -0.39 is 6.17 Å². The van der Waals surface area contributed by atoms with Gasteiger partial charge in [-0.25, -0.2) is 4.39 Å². The number of fused-ring (bicyclic) bond motifs is 1. The molecule has 2 amide bonds. The van der Waals surface area contributed by atoms with Crippen molar-refractivity contribution in [3.63, 3.8) is 0 Å². The van der Waals surface area contributed by atoms with Gasteiger partial charge in [0.25, 0.3) is 11.8 Å². The monoisotopic (exact) mass is 447 g/mol. The van der Waals surface area contributed by atoms with Crippen LogP contribution in [0.3, 0.4) is 0 Å². The van der Waals surface area contributed by atoms with Crippen LogP contribution in [-0.4, -0.2) is 37.0 Å². The van der Waals surface area contributed by atoms with Gasteiger partial charge in [-0.15, -0.1) is 0 Å². The van der Waals surface area contributed by atoms with Crippen LogP contribution in [0.15, 0.2) is 72.8 Å². The van der Waals surface area contributed by atoms with E-state index in [-0.39, 0.29) is 17.6 Å². The Labute approximate surface area is 192 Å². The second kappa shape index (κ2) is 10.3. The van der Waals surface area contributed by atoms with Crippen molar-refractivity contribution in [3.8, 4) is 0 Å². The van der Waals surface area contributed by atoms with Crippen molar-refractivity contribution in [1.82, 2.24) is 10.2 Å². The Balaban J connectivity index is 1.55. The maximum atomic E-state index is 13.3. The van der Waals surface area contributed by atoms with Gasteiger partial charge in [-0.1, -0.05) is 36.4 Å². The summed E-state index contributed by atoms with van der Waals surface area (Å²) in [5, 5.41) is 6.29. The fourth-order valence-corrected chi connectivity index (χ4v) is 3.90. The zero-order valence-electron chi connectivity index (χ0n) is 18.4. The summed E-state index contributed by atoms with van der Waals surface area (Å²) >= 11 is 0. The van der Waals surface area contributed by atoms with Crippen molar-refractivity contribution in [2.24, 2.45) is 0 Å². The van der Waals surface area contributed by atoms with Gasteiger partial charge >= 0.3 is 0 Å². The molecule has 1 atom stereocenters. The first-order chi connectivity index (χ1) is 16.1. The molecule has 7 heteroatoms. The van der Waals surface area contributed by atoms with Crippen molar-refractivity contribution in [3.05, 3.63) is 101 Å². The maximum absolute atomic E-state index is 13.3. The van der Waals surface area contributed by atoms with Gasteiger partial charge in [-0.05, 0) is 48.4 Å². The molecule has 0 fully saturated rings. The van der Waals surface area contributed by atoms with E-state index in [1.54, 1.807) is 48.4 Å². The topological polar surface area (TPSA) is 70.7 Å². The molecule has 1 aliphatic heterocycles. The predicted molar refractivity (Wildman–Crippen MR) is 124 cm³/mol. The van der Waals surface area contributed by atoms with Crippen LogP contribution in [0.25, 0.3) is 0 Å². The maximum Gasteiger partial charge on any atom is 0.256 e. The largest absolute Gasteiger partial charge is 0.385 e. The second-order valence-electron chi connectivity index (χ2n) is 7.88. The highest BCUT2D eigenvalue weighted by Gasteiger charge is 2.36. The lowest BCUT2D eigenvalue weighted by molar-refractivity contribution is 0.0728. The molecule has 0 aromatic heterocycles. The fraction of sp³-hybridized carbons (Fsp3) is 0.231. The lowest BCUT2D eigenvalue weighted by Crippen LogP contribution is -2.32. The van der Waals surface area contributed by atoms with Crippen LogP contribution in [0.5, 0.6) is 0 Å². The van der Waals surface area contributed by atoms with E-state index in [0.29, 0.717) is 30.8 Å². The van der Waals surface area contributed by atoms with Gasteiger partial charge in [0, 0.05) is 49.2 Å². The lowest BCUT2D eigenvalue weighted by Gasteiger charge is -2.27. The average Bonchev–Trinajstić information content (AvgIpc) is 3.09. The van der Waals surface area contributed by atoms with E-state index in [2.05, 4.69) is 10.6 Å². The van der Waals surface area contributed by atoms with Crippen molar-refractivity contribution >= 4 is 17.5 Å². The number of hydrogen-bond acceptors (Lipinski definition) is 4. The van der Waals surface area contributed by atoms with Gasteiger partial charge in [0.15, 0.2) is 0 Å². The Bertz CT molecular complexity index is 1130. The average molecular weight is 448 g/mol. The Hall–Kier alpha value is -3.71. The van der Waals surface area contributed by atoms with Gasteiger partial charge in [-0.2, -0.15) is 0 Å². The van der Waals surface area contributed by atoms with E-state index in [1.165, 1.54) is 12.1 Å². The van der Waals surface area contributed by atoms with Gasteiger partial charge in [-0.3, -0.25) is 9.59 Å². The first-order valence-electron chi connectivity index (χ1n) is 10.8. The van der Waals surface area contributed by atoms with Crippen molar-refractivity contribution in [1.29, 1.82) is 0 Å². The molecule has 1 aliphatic rings. The molecule has 3 aromatic rings. The number of rotatable bonds is 9. The highest BCUT2D eigenvalue weighted by atomic mass is 19.1. The van der Waals surface area contributed by atoms with Crippen LogP contribution >= 0.6 is 0 Å². The fourth-order valence-electron chi connectivity index (χ4n) is 3.90. The second-order valence-corrected chi connectivity index (χ2v) is 7.88. The third kappa shape index (κ3) is 5.21. The van der Waals surface area contributed by atoms with E-state index in [0.717, 1.165) is 23.2 Å². The quantitative estimate of drug-likeness (QED) is 0.478. The lowest BCUT2D eigenvalue weighted by atomic mass is 10.1. The molecule has 1 heterocycles. The van der Waals surface area contributed by atoms with Crippen LogP contribution in [0.1, 0.15) is 44.4 Å². The number of halogens is 1. The molecule has 33 heavy (non-hydrogen) atoms. The summed E-state index contributed by atoms with van der Waals surface area (Å²) in [6, 6.07) is 20.8. The summed E-state index contributed by atoms with van der Waals surface area (Å²) in [4.78, 5) is 27.4. The molecule has 0 saturated heterocycles. The van der Waals surface area contributed by atoms with Gasteiger partial charge in [0.1, 0.15) is 12.0 Å². The van der Waals surface area contributed by atoms with Crippen LogP contribution in [0.2, 0.25) is 0 Å². The Morgan fingerprint density at radius 2 is 1.85 bits per heavy atom. The molecule has 0 spiro atoms. The number of methoxy groups -OCH3 is 1. The zero-order chi connectivity index (χ0) is 23.2. The Morgan fingerprint density at radius 3 is 2.64 bits per heavy atom. The molecule has 0 saturated carbocycles. The summed E-state index contributed by atoms with van der Waals surface area (Å²) in [6.45, 7) is 1.44.